The molecule has 0 aliphatic heterocycles. The van der Waals surface area contributed by atoms with Crippen molar-refractivity contribution >= 4 is 43.7 Å². The van der Waals surface area contributed by atoms with Gasteiger partial charge >= 0.3 is 0 Å². The summed E-state index contributed by atoms with van der Waals surface area (Å²) in [6.07, 6.45) is 2.81. The lowest BCUT2D eigenvalue weighted by molar-refractivity contribution is 0.519. The van der Waals surface area contributed by atoms with Gasteiger partial charge in [-0.2, -0.15) is 0 Å². The van der Waals surface area contributed by atoms with Crippen LogP contribution in [0.5, 0.6) is 0 Å². The van der Waals surface area contributed by atoms with Crippen molar-refractivity contribution in [3.8, 4) is 21.0 Å². The first-order valence-corrected chi connectivity index (χ1v) is 12.9. The number of anilines is 2. The maximum atomic E-state index is 13.1. The molecule has 7 nitrogen and oxygen atoms in total. The number of sulfonamides is 1. The van der Waals surface area contributed by atoms with Crippen LogP contribution in [-0.2, 0) is 21.0 Å². The Balaban J connectivity index is 2.05. The summed E-state index contributed by atoms with van der Waals surface area (Å²) in [5.74, 6) is 0. The lowest BCUT2D eigenvalue weighted by Gasteiger charge is -2.21. The fourth-order valence-corrected chi connectivity index (χ4v) is 5.51. The minimum Gasteiger partial charge on any atom is -0.399 e. The van der Waals surface area contributed by atoms with Gasteiger partial charge in [0.1, 0.15) is 16.0 Å². The molecule has 1 atom stereocenters. The predicted octanol–water partition coefficient (Wildman–Crippen LogP) is 3.84. The topological polar surface area (TPSA) is 114 Å². The van der Waals surface area contributed by atoms with E-state index in [-0.39, 0.29) is 0 Å². The summed E-state index contributed by atoms with van der Waals surface area (Å²) in [4.78, 5) is 5.80. The number of thiazole rings is 1. The number of nitrogen functional groups attached to an aromatic ring is 1. The van der Waals surface area contributed by atoms with Crippen molar-refractivity contribution in [1.82, 2.24) is 9.71 Å². The van der Waals surface area contributed by atoms with E-state index in [0.717, 1.165) is 27.3 Å². The van der Waals surface area contributed by atoms with E-state index in [2.05, 4.69) is 14.4 Å². The van der Waals surface area contributed by atoms with Gasteiger partial charge in [0.2, 0.25) is 10.0 Å². The van der Waals surface area contributed by atoms with Gasteiger partial charge in [0.15, 0.2) is 0 Å². The van der Waals surface area contributed by atoms with Crippen LogP contribution in [-0.4, -0.2) is 29.4 Å². The molecule has 1 aromatic heterocycles. The standard InChI is InChI=1S/C20H24N4O3S3/c1-20(2,3)24-29(25)18-11-15(23-30(4,26)27)9-10-16(18)17-12-22-19(28-17)13-5-7-14(21)8-6-13/h5-12,23-24H,21H2,1-4H3. The SMILES string of the molecule is CC(C)(C)NS(=O)c1cc(NS(C)(=O)=O)ccc1-c1cnc(-c2ccc(N)cc2)s1. The fourth-order valence-electron chi connectivity index (χ4n) is 2.65. The third-order valence-electron chi connectivity index (χ3n) is 3.81. The van der Waals surface area contributed by atoms with Crippen LogP contribution in [0.4, 0.5) is 11.4 Å². The van der Waals surface area contributed by atoms with Crippen molar-refractivity contribution in [3.05, 3.63) is 48.7 Å². The van der Waals surface area contributed by atoms with Gasteiger partial charge in [0.25, 0.3) is 0 Å². The summed E-state index contributed by atoms with van der Waals surface area (Å²) in [6, 6.07) is 12.4. The maximum absolute atomic E-state index is 13.1. The smallest absolute Gasteiger partial charge is 0.229 e. The molecule has 160 valence electrons. The monoisotopic (exact) mass is 464 g/mol. The van der Waals surface area contributed by atoms with E-state index in [1.165, 1.54) is 11.3 Å². The Labute approximate surface area is 183 Å². The summed E-state index contributed by atoms with van der Waals surface area (Å²) < 4.78 is 41.8. The quantitative estimate of drug-likeness (QED) is 0.480. The zero-order valence-electron chi connectivity index (χ0n) is 17.1. The number of hydrogen-bond donors (Lipinski definition) is 3. The average Bonchev–Trinajstić information content (AvgIpc) is 3.09. The Morgan fingerprint density at radius 2 is 1.77 bits per heavy atom. The molecule has 0 amide bonds. The number of nitrogens with two attached hydrogens (primary N) is 1. The number of nitrogens with one attached hydrogen (secondary N) is 2. The first-order valence-electron chi connectivity index (χ1n) is 9.05. The van der Waals surface area contributed by atoms with Gasteiger partial charge in [0.05, 0.1) is 16.0 Å². The lowest BCUT2D eigenvalue weighted by atomic mass is 10.1. The van der Waals surface area contributed by atoms with Crippen LogP contribution >= 0.6 is 11.3 Å². The predicted molar refractivity (Wildman–Crippen MR) is 125 cm³/mol. The Kier molecular flexibility index (Phi) is 6.32. The second-order valence-electron chi connectivity index (χ2n) is 7.86. The molecule has 2 aromatic carbocycles. The van der Waals surface area contributed by atoms with Gasteiger partial charge in [-0.1, -0.05) is 6.07 Å². The second-order valence-corrected chi connectivity index (χ2v) is 11.8. The van der Waals surface area contributed by atoms with Gasteiger partial charge < -0.3 is 5.73 Å². The highest BCUT2D eigenvalue weighted by Gasteiger charge is 2.20. The van der Waals surface area contributed by atoms with Crippen molar-refractivity contribution in [1.29, 1.82) is 0 Å². The highest BCUT2D eigenvalue weighted by molar-refractivity contribution is 7.92. The molecule has 0 aliphatic rings. The van der Waals surface area contributed by atoms with E-state index in [4.69, 9.17) is 5.73 Å². The van der Waals surface area contributed by atoms with Crippen LogP contribution in [0.25, 0.3) is 21.0 Å². The van der Waals surface area contributed by atoms with E-state index in [1.54, 1.807) is 24.4 Å². The van der Waals surface area contributed by atoms with E-state index in [1.807, 2.05) is 45.0 Å². The summed E-state index contributed by atoms with van der Waals surface area (Å²) in [6.45, 7) is 5.74. The second kappa shape index (κ2) is 8.46. The molecule has 0 spiro atoms. The fraction of sp³-hybridized carbons (Fsp3) is 0.250. The zero-order chi connectivity index (χ0) is 22.1. The molecule has 1 heterocycles. The maximum Gasteiger partial charge on any atom is 0.229 e. The van der Waals surface area contributed by atoms with Gasteiger partial charge in [-0.3, -0.25) is 4.72 Å². The number of hydrogen-bond acceptors (Lipinski definition) is 6. The van der Waals surface area contributed by atoms with Crippen LogP contribution in [0, 0.1) is 0 Å². The molecule has 0 saturated heterocycles. The van der Waals surface area contributed by atoms with Crippen LogP contribution in [0.1, 0.15) is 20.8 Å². The van der Waals surface area contributed by atoms with Crippen molar-refractivity contribution in [2.45, 2.75) is 31.2 Å². The van der Waals surface area contributed by atoms with Crippen LogP contribution < -0.4 is 15.2 Å². The van der Waals surface area contributed by atoms with Gasteiger partial charge in [-0.05, 0) is 57.2 Å². The highest BCUT2D eigenvalue weighted by Crippen LogP contribution is 2.36. The number of nitrogens with zero attached hydrogens (tertiary/aromatic N) is 1. The third-order valence-corrected chi connectivity index (χ3v) is 7.03. The van der Waals surface area contributed by atoms with Crippen molar-refractivity contribution in [2.24, 2.45) is 0 Å². The Hall–Kier alpha value is -2.27. The molecule has 0 aliphatic carbocycles. The number of aromatic nitrogens is 1. The molecule has 3 aromatic rings. The van der Waals surface area contributed by atoms with Crippen LogP contribution in [0.3, 0.4) is 0 Å². The molecule has 1 unspecified atom stereocenters. The third kappa shape index (κ3) is 5.88. The largest absolute Gasteiger partial charge is 0.399 e. The normalized spacial score (nSPS) is 13.2. The van der Waals surface area contributed by atoms with Crippen molar-refractivity contribution in [3.63, 3.8) is 0 Å². The van der Waals surface area contributed by atoms with Crippen LogP contribution in [0.15, 0.2) is 53.6 Å². The minimum atomic E-state index is -3.46. The molecular weight excluding hydrogens is 440 g/mol. The number of benzene rings is 2. The molecule has 3 rings (SSSR count). The highest BCUT2D eigenvalue weighted by atomic mass is 32.2. The Bertz CT molecular complexity index is 1180. The van der Waals surface area contributed by atoms with E-state index in [0.29, 0.717) is 16.3 Å². The minimum absolute atomic E-state index is 0.351. The van der Waals surface area contributed by atoms with Crippen molar-refractivity contribution in [2.75, 3.05) is 16.7 Å². The molecule has 4 N–H and O–H groups in total. The lowest BCUT2D eigenvalue weighted by Crippen LogP contribution is -2.37. The van der Waals surface area contributed by atoms with Crippen LogP contribution in [0.2, 0.25) is 0 Å². The zero-order valence-corrected chi connectivity index (χ0v) is 19.5. The molecular formula is C20H24N4O3S3. The summed E-state index contributed by atoms with van der Waals surface area (Å²) in [7, 11) is -5.02. The van der Waals surface area contributed by atoms with E-state index < -0.39 is 26.5 Å². The Morgan fingerprint density at radius 3 is 2.37 bits per heavy atom. The summed E-state index contributed by atoms with van der Waals surface area (Å²) >= 11 is 1.46. The first kappa shape index (κ1) is 22.4. The van der Waals surface area contributed by atoms with Gasteiger partial charge in [-0.25, -0.2) is 22.3 Å². The molecule has 30 heavy (non-hydrogen) atoms. The van der Waals surface area contributed by atoms with E-state index >= 15 is 0 Å². The number of rotatable bonds is 6. The first-order chi connectivity index (χ1) is 13.9. The molecule has 0 radical (unpaired) electrons. The molecule has 0 fully saturated rings. The molecule has 0 saturated carbocycles. The summed E-state index contributed by atoms with van der Waals surface area (Å²) in [5, 5.41) is 0.809. The Morgan fingerprint density at radius 1 is 1.10 bits per heavy atom. The summed E-state index contributed by atoms with van der Waals surface area (Å²) in [5.41, 5.74) is 8.05. The van der Waals surface area contributed by atoms with Gasteiger partial charge in [0, 0.05) is 34.2 Å². The molecule has 0 bridgehead atoms. The molecule has 10 heteroatoms. The van der Waals surface area contributed by atoms with Crippen molar-refractivity contribution < 1.29 is 12.6 Å². The average molecular weight is 465 g/mol. The van der Waals surface area contributed by atoms with E-state index in [9.17, 15) is 12.6 Å². The van der Waals surface area contributed by atoms with Gasteiger partial charge in [-0.15, -0.1) is 11.3 Å².